The van der Waals surface area contributed by atoms with Gasteiger partial charge in [-0.1, -0.05) is 11.6 Å². The molecule has 1 aliphatic heterocycles. The summed E-state index contributed by atoms with van der Waals surface area (Å²) in [5, 5.41) is 15.5. The number of anilines is 1. The third kappa shape index (κ3) is 6.54. The molecule has 0 spiro atoms. The first-order valence-corrected chi connectivity index (χ1v) is 10.9. The molecule has 1 aliphatic rings. The summed E-state index contributed by atoms with van der Waals surface area (Å²) in [5.74, 6) is -1.22. The standard InChI is InChI=1S/C23H28ClF2N3O3/c1-32-19-11-21(25)20(22(26)12-19)10-16-14-29(8-9-30)7-6-15(16)13-27-23(31)28-18-4-2-17(24)3-5-18/h2-5,11-12,15-16,30H,6-10,13-14H2,1H3,(H2,27,28,31). The van der Waals surface area contributed by atoms with Crippen LogP contribution in [0.5, 0.6) is 5.75 Å². The van der Waals surface area contributed by atoms with E-state index in [1.54, 1.807) is 24.3 Å². The Bertz CT molecular complexity index is 891. The number of halogens is 3. The second-order valence-electron chi connectivity index (χ2n) is 7.95. The Kier molecular flexibility index (Phi) is 8.67. The third-order valence-corrected chi connectivity index (χ3v) is 6.09. The van der Waals surface area contributed by atoms with Crippen molar-refractivity contribution in [2.75, 3.05) is 45.2 Å². The Morgan fingerprint density at radius 3 is 2.53 bits per heavy atom. The molecule has 2 aromatic carbocycles. The summed E-state index contributed by atoms with van der Waals surface area (Å²) in [6.45, 7) is 2.22. The summed E-state index contributed by atoms with van der Waals surface area (Å²) in [6.07, 6.45) is 0.931. The van der Waals surface area contributed by atoms with Gasteiger partial charge in [-0.25, -0.2) is 13.6 Å². The number of aliphatic hydroxyl groups excluding tert-OH is 1. The van der Waals surface area contributed by atoms with Gasteiger partial charge in [-0.2, -0.15) is 0 Å². The smallest absolute Gasteiger partial charge is 0.319 e. The molecule has 2 aromatic rings. The lowest BCUT2D eigenvalue weighted by Gasteiger charge is -2.38. The van der Waals surface area contributed by atoms with Crippen molar-refractivity contribution in [2.24, 2.45) is 11.8 Å². The Hall–Kier alpha value is -2.42. The number of aliphatic hydroxyl groups is 1. The van der Waals surface area contributed by atoms with Crippen molar-refractivity contribution < 1.29 is 23.4 Å². The molecule has 3 N–H and O–H groups in total. The molecular weight excluding hydrogens is 440 g/mol. The molecule has 1 fully saturated rings. The number of amides is 2. The number of nitrogens with one attached hydrogen (secondary N) is 2. The molecule has 0 bridgehead atoms. The van der Waals surface area contributed by atoms with E-state index in [1.807, 2.05) is 0 Å². The van der Waals surface area contributed by atoms with Crippen LogP contribution in [0.4, 0.5) is 19.3 Å². The first-order valence-electron chi connectivity index (χ1n) is 10.5. The maximum absolute atomic E-state index is 14.5. The summed E-state index contributed by atoms with van der Waals surface area (Å²) < 4.78 is 34.0. The predicted octanol–water partition coefficient (Wildman–Crippen LogP) is 3.92. The molecule has 9 heteroatoms. The van der Waals surface area contributed by atoms with Gasteiger partial charge in [0.15, 0.2) is 0 Å². The molecule has 3 rings (SSSR count). The van der Waals surface area contributed by atoms with Crippen LogP contribution in [0.1, 0.15) is 12.0 Å². The van der Waals surface area contributed by atoms with E-state index in [0.717, 1.165) is 13.0 Å². The first-order chi connectivity index (χ1) is 15.4. The van der Waals surface area contributed by atoms with Gasteiger partial charge < -0.3 is 25.4 Å². The van der Waals surface area contributed by atoms with E-state index in [9.17, 15) is 18.7 Å². The van der Waals surface area contributed by atoms with Crippen LogP contribution >= 0.6 is 11.6 Å². The second-order valence-corrected chi connectivity index (χ2v) is 8.39. The van der Waals surface area contributed by atoms with Crippen molar-refractivity contribution in [1.82, 2.24) is 10.2 Å². The number of methoxy groups -OCH3 is 1. The van der Waals surface area contributed by atoms with E-state index >= 15 is 0 Å². The van der Waals surface area contributed by atoms with Crippen LogP contribution in [0.15, 0.2) is 36.4 Å². The number of piperidine rings is 1. The van der Waals surface area contributed by atoms with Crippen molar-refractivity contribution in [1.29, 1.82) is 0 Å². The number of hydrogen-bond acceptors (Lipinski definition) is 4. The third-order valence-electron chi connectivity index (χ3n) is 5.84. The van der Waals surface area contributed by atoms with Crippen molar-refractivity contribution in [3.05, 3.63) is 58.6 Å². The monoisotopic (exact) mass is 467 g/mol. The van der Waals surface area contributed by atoms with Gasteiger partial charge in [-0.3, -0.25) is 0 Å². The normalized spacial score (nSPS) is 18.9. The SMILES string of the molecule is COc1cc(F)c(CC2CN(CCO)CCC2CNC(=O)Nc2ccc(Cl)cc2)c(F)c1. The van der Waals surface area contributed by atoms with Gasteiger partial charge in [0, 0.05) is 48.0 Å². The summed E-state index contributed by atoms with van der Waals surface area (Å²) >= 11 is 5.86. The molecule has 0 aliphatic carbocycles. The number of carbonyl (C=O) groups excluding carboxylic acids is 1. The zero-order valence-electron chi connectivity index (χ0n) is 17.9. The number of β-amino-alcohol motifs (C(OH)–C–C–N with tert-alkyl or cyclic N) is 1. The van der Waals surface area contributed by atoms with Crippen molar-refractivity contribution in [2.45, 2.75) is 12.8 Å². The maximum Gasteiger partial charge on any atom is 0.319 e. The fourth-order valence-corrected chi connectivity index (χ4v) is 4.21. The number of nitrogens with zero attached hydrogens (tertiary/aromatic N) is 1. The van der Waals surface area contributed by atoms with Crippen LogP contribution in [0, 0.1) is 23.5 Å². The maximum atomic E-state index is 14.5. The fourth-order valence-electron chi connectivity index (χ4n) is 4.09. The highest BCUT2D eigenvalue weighted by molar-refractivity contribution is 6.30. The van der Waals surface area contributed by atoms with Gasteiger partial charge in [0.1, 0.15) is 17.4 Å². The van der Waals surface area contributed by atoms with E-state index in [1.165, 1.54) is 19.2 Å². The molecule has 1 saturated heterocycles. The van der Waals surface area contributed by atoms with Gasteiger partial charge >= 0.3 is 6.03 Å². The van der Waals surface area contributed by atoms with Gasteiger partial charge in [0.2, 0.25) is 0 Å². The van der Waals surface area contributed by atoms with Crippen molar-refractivity contribution in [3.8, 4) is 5.75 Å². The Balaban J connectivity index is 1.66. The van der Waals surface area contributed by atoms with E-state index < -0.39 is 11.6 Å². The molecule has 0 radical (unpaired) electrons. The van der Waals surface area contributed by atoms with Gasteiger partial charge in [0.05, 0.1) is 13.7 Å². The highest BCUT2D eigenvalue weighted by Gasteiger charge is 2.31. The summed E-state index contributed by atoms with van der Waals surface area (Å²) in [7, 11) is 1.36. The summed E-state index contributed by atoms with van der Waals surface area (Å²) in [5.41, 5.74) is 0.626. The molecule has 32 heavy (non-hydrogen) atoms. The lowest BCUT2D eigenvalue weighted by molar-refractivity contribution is 0.0984. The highest BCUT2D eigenvalue weighted by Crippen LogP contribution is 2.30. The van der Waals surface area contributed by atoms with E-state index in [0.29, 0.717) is 30.3 Å². The molecule has 0 aromatic heterocycles. The predicted molar refractivity (Wildman–Crippen MR) is 120 cm³/mol. The minimum Gasteiger partial charge on any atom is -0.497 e. The Morgan fingerprint density at radius 2 is 1.91 bits per heavy atom. The number of ether oxygens (including phenoxy) is 1. The number of urea groups is 1. The van der Waals surface area contributed by atoms with Crippen LogP contribution in [-0.2, 0) is 6.42 Å². The Labute approximate surface area is 191 Å². The molecule has 2 unspecified atom stereocenters. The number of rotatable bonds is 8. The minimum absolute atomic E-state index is 0.0114. The average Bonchev–Trinajstić information content (AvgIpc) is 2.77. The van der Waals surface area contributed by atoms with Crippen molar-refractivity contribution >= 4 is 23.3 Å². The molecule has 174 valence electrons. The molecule has 2 amide bonds. The van der Waals surface area contributed by atoms with E-state index in [2.05, 4.69) is 15.5 Å². The van der Waals surface area contributed by atoms with Crippen LogP contribution < -0.4 is 15.4 Å². The topological polar surface area (TPSA) is 73.8 Å². The zero-order valence-corrected chi connectivity index (χ0v) is 18.7. The summed E-state index contributed by atoms with van der Waals surface area (Å²) in [4.78, 5) is 14.4. The van der Waals surface area contributed by atoms with Crippen LogP contribution in [0.25, 0.3) is 0 Å². The van der Waals surface area contributed by atoms with Gasteiger partial charge in [0.25, 0.3) is 0 Å². The summed E-state index contributed by atoms with van der Waals surface area (Å²) in [6, 6.07) is 8.77. The molecule has 1 heterocycles. The quantitative estimate of drug-likeness (QED) is 0.550. The fraction of sp³-hybridized carbons (Fsp3) is 0.435. The van der Waals surface area contributed by atoms with Gasteiger partial charge in [-0.05, 0) is 55.5 Å². The molecule has 2 atom stereocenters. The van der Waals surface area contributed by atoms with E-state index in [-0.39, 0.29) is 42.2 Å². The largest absolute Gasteiger partial charge is 0.497 e. The second kappa shape index (κ2) is 11.4. The molecule has 0 saturated carbocycles. The number of carbonyl (C=O) groups is 1. The van der Waals surface area contributed by atoms with E-state index in [4.69, 9.17) is 16.3 Å². The number of likely N-dealkylation sites (tertiary alicyclic amines) is 1. The highest BCUT2D eigenvalue weighted by atomic mass is 35.5. The van der Waals surface area contributed by atoms with Gasteiger partial charge in [-0.15, -0.1) is 0 Å². The number of hydrogen-bond donors (Lipinski definition) is 3. The van der Waals surface area contributed by atoms with Crippen LogP contribution in [0.3, 0.4) is 0 Å². The minimum atomic E-state index is -0.645. The first kappa shape index (κ1) is 24.2. The lowest BCUT2D eigenvalue weighted by atomic mass is 9.81. The lowest BCUT2D eigenvalue weighted by Crippen LogP contribution is -2.46. The average molecular weight is 468 g/mol. The van der Waals surface area contributed by atoms with Crippen LogP contribution in [0.2, 0.25) is 5.02 Å². The zero-order chi connectivity index (χ0) is 23.1. The molecular formula is C23H28ClF2N3O3. The van der Waals surface area contributed by atoms with Crippen LogP contribution in [-0.4, -0.2) is 55.9 Å². The molecule has 6 nitrogen and oxygen atoms in total. The number of benzene rings is 2. The Morgan fingerprint density at radius 1 is 1.22 bits per heavy atom. The van der Waals surface area contributed by atoms with Crippen molar-refractivity contribution in [3.63, 3.8) is 0 Å².